The van der Waals surface area contributed by atoms with Crippen LogP contribution in [0.5, 0.6) is 0 Å². The third kappa shape index (κ3) is 3.66. The molecule has 7 nitrogen and oxygen atoms in total. The highest BCUT2D eigenvalue weighted by Crippen LogP contribution is 2.03. The third-order valence-corrected chi connectivity index (χ3v) is 1.52. The molecule has 0 saturated heterocycles. The molecule has 0 aliphatic carbocycles. The van der Waals surface area contributed by atoms with Gasteiger partial charge < -0.3 is 31.4 Å². The molecule has 0 bridgehead atoms. The number of hydrogen-bond acceptors (Lipinski definition) is 7. The van der Waals surface area contributed by atoms with Crippen LogP contribution >= 0.6 is 0 Å². The molecule has 4 atom stereocenters. The summed E-state index contributed by atoms with van der Waals surface area (Å²) in [6.45, 7) is -0.718. The highest BCUT2D eigenvalue weighted by molar-refractivity contribution is 5.63. The average molecular weight is 194 g/mol. The second kappa shape index (κ2) is 5.84. The maximum Gasteiger partial charge on any atom is 0.119 e. The Bertz CT molecular complexity index is 165. The van der Waals surface area contributed by atoms with Crippen LogP contribution in [0, 0.1) is 0 Å². The number of aliphatic hydroxyl groups is 5. The first-order chi connectivity index (χ1) is 6.04. The van der Waals surface area contributed by atoms with E-state index in [0.717, 1.165) is 6.21 Å². The van der Waals surface area contributed by atoms with Crippen LogP contribution in [0.4, 0.5) is 0 Å². The van der Waals surface area contributed by atoms with E-state index in [0.29, 0.717) is 0 Å². The smallest absolute Gasteiger partial charge is 0.119 e. The second-order valence-corrected chi connectivity index (χ2v) is 2.52. The van der Waals surface area contributed by atoms with Crippen molar-refractivity contribution in [1.82, 2.24) is 0 Å². The van der Waals surface area contributed by atoms with Gasteiger partial charge in [-0.15, -0.1) is 0 Å². The predicted molar refractivity (Wildman–Crippen MR) is 43.8 cm³/mol. The zero-order chi connectivity index (χ0) is 10.4. The van der Waals surface area contributed by atoms with E-state index in [1.54, 1.807) is 0 Å². The summed E-state index contributed by atoms with van der Waals surface area (Å²) in [7, 11) is 0. The Balaban J connectivity index is 4.15. The summed E-state index contributed by atoms with van der Waals surface area (Å²) >= 11 is 0. The molecule has 13 heavy (non-hydrogen) atoms. The summed E-state index contributed by atoms with van der Waals surface area (Å²) in [5.41, 5.74) is 0. The van der Waals surface area contributed by atoms with Crippen LogP contribution in [0.2, 0.25) is 0 Å². The summed E-state index contributed by atoms with van der Waals surface area (Å²) < 4.78 is 0. The first-order valence-corrected chi connectivity index (χ1v) is 3.61. The lowest BCUT2D eigenvalue weighted by atomic mass is 10.0. The maximum atomic E-state index is 9.10. The van der Waals surface area contributed by atoms with E-state index in [1.165, 1.54) is 0 Å². The molecule has 0 fully saturated rings. The highest BCUT2D eigenvalue weighted by atomic mass is 16.4. The lowest BCUT2D eigenvalue weighted by Gasteiger charge is -2.23. The Morgan fingerprint density at radius 2 is 1.69 bits per heavy atom. The molecule has 7 N–H and O–H groups in total. The number of rotatable bonds is 5. The van der Waals surface area contributed by atoms with Crippen LogP contribution in [-0.4, -0.2) is 62.8 Å². The van der Waals surface area contributed by atoms with Crippen LogP contribution in [0.25, 0.3) is 0 Å². The molecule has 0 aromatic carbocycles. The number of nitrogens with zero attached hydrogens (tertiary/aromatic N) is 1. The van der Waals surface area contributed by atoms with E-state index >= 15 is 0 Å². The molecule has 0 aromatic rings. The molecule has 7 heteroatoms. The summed E-state index contributed by atoms with van der Waals surface area (Å²) in [5.74, 6) is 4.68. The van der Waals surface area contributed by atoms with Gasteiger partial charge in [-0.1, -0.05) is 0 Å². The molecular weight excluding hydrogens is 180 g/mol. The molecule has 0 radical (unpaired) electrons. The van der Waals surface area contributed by atoms with Gasteiger partial charge >= 0.3 is 0 Å². The Kier molecular flexibility index (Phi) is 5.51. The first-order valence-electron chi connectivity index (χ1n) is 3.61. The summed E-state index contributed by atoms with van der Waals surface area (Å²) in [4.78, 5) is 0. The Morgan fingerprint density at radius 1 is 1.15 bits per heavy atom. The summed E-state index contributed by atoms with van der Waals surface area (Å²) in [5, 5.41) is 47.4. The lowest BCUT2D eigenvalue weighted by Crippen LogP contribution is -2.46. The van der Waals surface area contributed by atoms with E-state index in [1.807, 2.05) is 0 Å². The van der Waals surface area contributed by atoms with Crippen molar-refractivity contribution in [3.63, 3.8) is 0 Å². The summed E-state index contributed by atoms with van der Waals surface area (Å²) in [6.07, 6.45) is -5.50. The number of nitrogens with two attached hydrogens (primary N) is 1. The normalized spacial score (nSPS) is 21.3. The lowest BCUT2D eigenvalue weighted by molar-refractivity contribution is -0.0999. The van der Waals surface area contributed by atoms with Gasteiger partial charge in [0.15, 0.2) is 0 Å². The number of hydrogen-bond donors (Lipinski definition) is 6. The van der Waals surface area contributed by atoms with Crippen LogP contribution in [-0.2, 0) is 0 Å². The van der Waals surface area contributed by atoms with Crippen LogP contribution in [0.1, 0.15) is 0 Å². The zero-order valence-electron chi connectivity index (χ0n) is 6.85. The molecule has 0 spiro atoms. The monoisotopic (exact) mass is 194 g/mol. The van der Waals surface area contributed by atoms with Crippen molar-refractivity contribution in [1.29, 1.82) is 0 Å². The fourth-order valence-electron chi connectivity index (χ4n) is 0.714. The minimum Gasteiger partial charge on any atom is -0.394 e. The maximum absolute atomic E-state index is 9.10. The molecule has 78 valence electrons. The highest BCUT2D eigenvalue weighted by Gasteiger charge is 2.28. The van der Waals surface area contributed by atoms with Crippen LogP contribution < -0.4 is 5.84 Å². The minimum atomic E-state index is -1.65. The van der Waals surface area contributed by atoms with Gasteiger partial charge in [0.25, 0.3) is 0 Å². The molecule has 0 rings (SSSR count). The van der Waals surface area contributed by atoms with E-state index in [-0.39, 0.29) is 0 Å². The largest absolute Gasteiger partial charge is 0.394 e. The van der Waals surface area contributed by atoms with Gasteiger partial charge in [-0.3, -0.25) is 0 Å². The van der Waals surface area contributed by atoms with E-state index in [9.17, 15) is 0 Å². The van der Waals surface area contributed by atoms with Gasteiger partial charge in [0.05, 0.1) is 12.8 Å². The van der Waals surface area contributed by atoms with E-state index in [2.05, 4.69) is 10.9 Å². The Morgan fingerprint density at radius 3 is 2.08 bits per heavy atom. The Labute approximate surface area is 74.7 Å². The first kappa shape index (κ1) is 12.3. The third-order valence-electron chi connectivity index (χ3n) is 1.52. The molecule has 0 amide bonds. The fraction of sp³-hybridized carbons (Fsp3) is 0.833. The van der Waals surface area contributed by atoms with Crippen molar-refractivity contribution >= 4 is 6.21 Å². The van der Waals surface area contributed by atoms with Gasteiger partial charge in [0.2, 0.25) is 0 Å². The van der Waals surface area contributed by atoms with Crippen LogP contribution in [0.15, 0.2) is 5.10 Å². The fourth-order valence-corrected chi connectivity index (χ4v) is 0.714. The van der Waals surface area contributed by atoms with Gasteiger partial charge in [0, 0.05) is 0 Å². The standard InChI is InChI=1S/C6H14N2O5/c7-8-1-3(10)5(12)6(13)4(11)2-9/h1,3-6,9-13H,2,7H2/t3-,4-,5-,6-/m1/s1. The quantitative estimate of drug-likeness (QED) is 0.152. The van der Waals surface area contributed by atoms with Crippen molar-refractivity contribution < 1.29 is 25.5 Å². The zero-order valence-corrected chi connectivity index (χ0v) is 6.85. The topological polar surface area (TPSA) is 140 Å². The Hall–Kier alpha value is -0.730. The molecule has 0 unspecified atom stereocenters. The molecular formula is C6H14N2O5. The van der Waals surface area contributed by atoms with E-state index < -0.39 is 31.0 Å². The van der Waals surface area contributed by atoms with Crippen molar-refractivity contribution in [3.8, 4) is 0 Å². The predicted octanol–water partition coefficient (Wildman–Crippen LogP) is -3.63. The number of aliphatic hydroxyl groups excluding tert-OH is 5. The second-order valence-electron chi connectivity index (χ2n) is 2.52. The molecule has 0 heterocycles. The molecule has 0 aromatic heterocycles. The van der Waals surface area contributed by atoms with Crippen molar-refractivity contribution in [2.24, 2.45) is 10.9 Å². The average Bonchev–Trinajstić information content (AvgIpc) is 2.14. The van der Waals surface area contributed by atoms with Crippen LogP contribution in [0.3, 0.4) is 0 Å². The van der Waals surface area contributed by atoms with Gasteiger partial charge in [-0.05, 0) is 0 Å². The van der Waals surface area contributed by atoms with Crippen molar-refractivity contribution in [2.75, 3.05) is 6.61 Å². The molecule has 0 saturated carbocycles. The van der Waals surface area contributed by atoms with Crippen molar-refractivity contribution in [2.45, 2.75) is 24.4 Å². The SMILES string of the molecule is NN=C[C@@H](O)[C@@H](O)[C@H](O)[C@H](O)CO. The van der Waals surface area contributed by atoms with Gasteiger partial charge in [-0.2, -0.15) is 5.10 Å². The number of hydrazone groups is 1. The van der Waals surface area contributed by atoms with Gasteiger partial charge in [0.1, 0.15) is 24.4 Å². The minimum absolute atomic E-state index is 0.718. The molecule has 0 aliphatic rings. The van der Waals surface area contributed by atoms with E-state index in [4.69, 9.17) is 25.5 Å². The van der Waals surface area contributed by atoms with Crippen molar-refractivity contribution in [3.05, 3.63) is 0 Å². The summed E-state index contributed by atoms with van der Waals surface area (Å²) in [6, 6.07) is 0. The van der Waals surface area contributed by atoms with Gasteiger partial charge in [-0.25, -0.2) is 0 Å². The molecule has 0 aliphatic heterocycles.